The van der Waals surface area contributed by atoms with Crippen LogP contribution < -0.4 is 0 Å². The summed E-state index contributed by atoms with van der Waals surface area (Å²) in [4.78, 5) is 12.0. The monoisotopic (exact) mass is 813 g/mol. The molecule has 0 aliphatic heterocycles. The first-order chi connectivity index (χ1) is 27.8. The molecule has 0 aliphatic rings. The predicted molar refractivity (Wildman–Crippen MR) is 217 cm³/mol. The Morgan fingerprint density at radius 3 is 0.839 bits per heavy atom. The van der Waals surface area contributed by atoms with Gasteiger partial charge in [-0.3, -0.25) is 4.79 Å². The van der Waals surface area contributed by atoms with E-state index in [1.807, 2.05) is 6.92 Å². The van der Waals surface area contributed by atoms with E-state index in [1.165, 1.54) is 44.9 Å². The van der Waals surface area contributed by atoms with Gasteiger partial charge in [0.15, 0.2) is 0 Å². The van der Waals surface area contributed by atoms with Gasteiger partial charge in [0.05, 0.1) is 158 Å². The molecular weight excluding hydrogens is 728 g/mol. The molecule has 0 aromatic carbocycles. The highest BCUT2D eigenvalue weighted by molar-refractivity contribution is 5.72. The van der Waals surface area contributed by atoms with E-state index >= 15 is 0 Å². The number of carbonyl (C=O) groups excluding carboxylic acids is 1. The molecule has 336 valence electrons. The summed E-state index contributed by atoms with van der Waals surface area (Å²) < 4.78 is 71.5. The Hall–Kier alpha value is -1.01. The van der Waals surface area contributed by atoms with Crippen molar-refractivity contribution in [2.24, 2.45) is 5.92 Å². The highest BCUT2D eigenvalue weighted by Crippen LogP contribution is 2.14. The SMILES string of the molecule is CCCCCCCCCCOCCOCCOCCOCCOCCOCCOCCOCCOCCOCCOCCOCCOC(=O)C(CC)CCCC. The lowest BCUT2D eigenvalue weighted by Gasteiger charge is -2.13. The van der Waals surface area contributed by atoms with Gasteiger partial charge < -0.3 is 61.6 Å². The van der Waals surface area contributed by atoms with E-state index < -0.39 is 0 Å². The molecule has 0 radical (unpaired) electrons. The number of hydrogen-bond acceptors (Lipinski definition) is 14. The molecule has 56 heavy (non-hydrogen) atoms. The Bertz CT molecular complexity index is 736. The maximum atomic E-state index is 12.0. The van der Waals surface area contributed by atoms with Gasteiger partial charge in [-0.15, -0.1) is 0 Å². The summed E-state index contributed by atoms with van der Waals surface area (Å²) in [5, 5.41) is 0. The molecule has 0 aliphatic carbocycles. The minimum Gasteiger partial charge on any atom is -0.463 e. The molecule has 0 amide bonds. The summed E-state index contributed by atoms with van der Waals surface area (Å²) >= 11 is 0. The van der Waals surface area contributed by atoms with Gasteiger partial charge in [-0.05, 0) is 19.3 Å². The normalized spacial score (nSPS) is 12.1. The number of rotatable bonds is 50. The van der Waals surface area contributed by atoms with Gasteiger partial charge in [-0.1, -0.05) is 78.6 Å². The Labute approximate surface area is 340 Å². The summed E-state index contributed by atoms with van der Waals surface area (Å²) in [6.45, 7) is 19.3. The van der Waals surface area contributed by atoms with Crippen LogP contribution in [0.5, 0.6) is 0 Å². The third-order valence-corrected chi connectivity index (χ3v) is 8.44. The molecule has 0 heterocycles. The molecule has 0 aromatic heterocycles. The third-order valence-electron chi connectivity index (χ3n) is 8.44. The fraction of sp³-hybridized carbons (Fsp3) is 0.976. The van der Waals surface area contributed by atoms with Gasteiger partial charge in [0.2, 0.25) is 0 Å². The summed E-state index contributed by atoms with van der Waals surface area (Å²) in [7, 11) is 0. The second-order valence-corrected chi connectivity index (χ2v) is 13.2. The van der Waals surface area contributed by atoms with E-state index in [4.69, 9.17) is 61.6 Å². The molecule has 0 spiro atoms. The molecule has 0 bridgehead atoms. The summed E-state index contributed by atoms with van der Waals surface area (Å²) in [5.41, 5.74) is 0. The van der Waals surface area contributed by atoms with Crippen LogP contribution in [0.4, 0.5) is 0 Å². The van der Waals surface area contributed by atoms with Gasteiger partial charge in [0.1, 0.15) is 6.61 Å². The van der Waals surface area contributed by atoms with Crippen LogP contribution in [0.15, 0.2) is 0 Å². The lowest BCUT2D eigenvalue weighted by Crippen LogP contribution is -2.20. The smallest absolute Gasteiger partial charge is 0.308 e. The first-order valence-electron chi connectivity index (χ1n) is 21.9. The number of carbonyl (C=O) groups is 1. The van der Waals surface area contributed by atoms with Crippen molar-refractivity contribution in [2.45, 2.75) is 97.8 Å². The zero-order chi connectivity index (χ0) is 40.5. The molecule has 0 saturated heterocycles. The van der Waals surface area contributed by atoms with E-state index in [-0.39, 0.29) is 18.5 Å². The Morgan fingerprint density at radius 1 is 0.304 bits per heavy atom. The van der Waals surface area contributed by atoms with Crippen molar-refractivity contribution in [1.29, 1.82) is 0 Å². The van der Waals surface area contributed by atoms with Crippen molar-refractivity contribution in [3.05, 3.63) is 0 Å². The van der Waals surface area contributed by atoms with Gasteiger partial charge in [-0.2, -0.15) is 0 Å². The first kappa shape index (κ1) is 55.0. The standard InChI is InChI=1S/C42H84O14/c1-4-7-9-10-11-12-13-14-16-44-17-18-45-19-20-46-21-22-47-23-24-48-25-26-49-27-28-50-29-30-51-31-32-52-33-34-53-35-36-54-37-38-55-39-40-56-42(43)41(6-3)15-8-5-2/h41H,4-40H2,1-3H3. The minimum atomic E-state index is -0.119. The van der Waals surface area contributed by atoms with Crippen LogP contribution in [0.1, 0.15) is 97.8 Å². The average Bonchev–Trinajstić information content (AvgIpc) is 3.21. The molecule has 1 atom stereocenters. The number of ether oxygens (including phenoxy) is 13. The lowest BCUT2D eigenvalue weighted by atomic mass is 10.00. The van der Waals surface area contributed by atoms with E-state index in [9.17, 15) is 4.79 Å². The van der Waals surface area contributed by atoms with E-state index in [1.54, 1.807) is 0 Å². The largest absolute Gasteiger partial charge is 0.463 e. The minimum absolute atomic E-state index is 0.00439. The van der Waals surface area contributed by atoms with Crippen LogP contribution in [-0.4, -0.2) is 171 Å². The van der Waals surface area contributed by atoms with E-state index in [2.05, 4.69) is 13.8 Å². The fourth-order valence-corrected chi connectivity index (χ4v) is 5.12. The van der Waals surface area contributed by atoms with Crippen molar-refractivity contribution in [3.8, 4) is 0 Å². The maximum Gasteiger partial charge on any atom is 0.308 e. The second kappa shape index (κ2) is 50.1. The molecule has 0 saturated carbocycles. The highest BCUT2D eigenvalue weighted by atomic mass is 16.6. The second-order valence-electron chi connectivity index (χ2n) is 13.2. The van der Waals surface area contributed by atoms with Crippen LogP contribution in [0.25, 0.3) is 0 Å². The van der Waals surface area contributed by atoms with E-state index in [0.29, 0.717) is 152 Å². The number of esters is 1. The summed E-state index contributed by atoms with van der Waals surface area (Å²) in [6.07, 6.45) is 14.3. The Kier molecular flexibility index (Phi) is 49.2. The Balaban J connectivity index is 3.12. The van der Waals surface area contributed by atoms with Crippen LogP contribution in [0.3, 0.4) is 0 Å². The van der Waals surface area contributed by atoms with Crippen molar-refractivity contribution in [3.63, 3.8) is 0 Å². The van der Waals surface area contributed by atoms with Crippen LogP contribution in [-0.2, 0) is 66.4 Å². The van der Waals surface area contributed by atoms with Crippen molar-refractivity contribution < 1.29 is 66.4 Å². The highest BCUT2D eigenvalue weighted by Gasteiger charge is 2.17. The zero-order valence-corrected chi connectivity index (χ0v) is 36.0. The van der Waals surface area contributed by atoms with Gasteiger partial charge >= 0.3 is 5.97 Å². The van der Waals surface area contributed by atoms with Crippen LogP contribution in [0, 0.1) is 5.92 Å². The molecule has 14 heteroatoms. The zero-order valence-electron chi connectivity index (χ0n) is 36.0. The lowest BCUT2D eigenvalue weighted by molar-refractivity contribution is -0.150. The van der Waals surface area contributed by atoms with E-state index in [0.717, 1.165) is 38.7 Å². The topological polar surface area (TPSA) is 137 Å². The van der Waals surface area contributed by atoms with Gasteiger partial charge in [-0.25, -0.2) is 0 Å². The summed E-state index contributed by atoms with van der Waals surface area (Å²) in [6, 6.07) is 0. The molecule has 0 N–H and O–H groups in total. The van der Waals surface area contributed by atoms with Crippen LogP contribution in [0.2, 0.25) is 0 Å². The number of unbranched alkanes of at least 4 members (excludes halogenated alkanes) is 8. The van der Waals surface area contributed by atoms with Crippen LogP contribution >= 0.6 is 0 Å². The predicted octanol–water partition coefficient (Wildman–Crippen LogP) is 6.09. The van der Waals surface area contributed by atoms with Crippen molar-refractivity contribution in [2.75, 3.05) is 165 Å². The summed E-state index contributed by atoms with van der Waals surface area (Å²) in [5.74, 6) is -0.124. The molecule has 0 fully saturated rings. The first-order valence-corrected chi connectivity index (χ1v) is 21.9. The van der Waals surface area contributed by atoms with Crippen molar-refractivity contribution in [1.82, 2.24) is 0 Å². The molecule has 14 nitrogen and oxygen atoms in total. The molecular formula is C42H84O14. The number of hydrogen-bond donors (Lipinski definition) is 0. The average molecular weight is 813 g/mol. The van der Waals surface area contributed by atoms with Gasteiger partial charge in [0, 0.05) is 6.61 Å². The fourth-order valence-electron chi connectivity index (χ4n) is 5.12. The third kappa shape index (κ3) is 45.7. The van der Waals surface area contributed by atoms with Gasteiger partial charge in [0.25, 0.3) is 0 Å². The Morgan fingerprint density at radius 2 is 0.554 bits per heavy atom. The maximum absolute atomic E-state index is 12.0. The molecule has 0 aromatic rings. The van der Waals surface area contributed by atoms with Crippen molar-refractivity contribution >= 4 is 5.97 Å². The molecule has 1 unspecified atom stereocenters. The molecule has 0 rings (SSSR count). The quantitative estimate of drug-likeness (QED) is 0.0518.